The molecule has 2 rings (SSSR count). The molecule has 1 fully saturated rings. The van der Waals surface area contributed by atoms with E-state index < -0.39 is 0 Å². The highest BCUT2D eigenvalue weighted by Gasteiger charge is 2.24. The van der Waals surface area contributed by atoms with Gasteiger partial charge in [0.25, 0.3) is 0 Å². The number of thioether (sulfide) groups is 1. The molecule has 3 unspecified atom stereocenters. The lowest BCUT2D eigenvalue weighted by Gasteiger charge is -2.19. The van der Waals surface area contributed by atoms with Gasteiger partial charge in [-0.3, -0.25) is 0 Å². The third-order valence-corrected chi connectivity index (χ3v) is 5.04. The van der Waals surface area contributed by atoms with Gasteiger partial charge < -0.3 is 5.32 Å². The van der Waals surface area contributed by atoms with Gasteiger partial charge in [-0.2, -0.15) is 11.8 Å². The average molecular weight is 263 g/mol. The van der Waals surface area contributed by atoms with Crippen LogP contribution in [0.1, 0.15) is 38.2 Å². The highest BCUT2D eigenvalue weighted by molar-refractivity contribution is 7.99. The second-order valence-electron chi connectivity index (χ2n) is 5.46. The van der Waals surface area contributed by atoms with Crippen molar-refractivity contribution in [3.63, 3.8) is 0 Å². The lowest BCUT2D eigenvalue weighted by molar-refractivity contribution is 0.432. The SMILES string of the molecule is CSC1CCC(NC(C)CCc2ccccc2)C1. The monoisotopic (exact) mass is 263 g/mol. The van der Waals surface area contributed by atoms with Crippen LogP contribution in [0.4, 0.5) is 0 Å². The van der Waals surface area contributed by atoms with Crippen molar-refractivity contribution in [3.05, 3.63) is 35.9 Å². The van der Waals surface area contributed by atoms with Crippen molar-refractivity contribution >= 4 is 11.8 Å². The number of nitrogens with one attached hydrogen (secondary N) is 1. The van der Waals surface area contributed by atoms with E-state index in [-0.39, 0.29) is 0 Å². The van der Waals surface area contributed by atoms with E-state index >= 15 is 0 Å². The van der Waals surface area contributed by atoms with Gasteiger partial charge in [0.05, 0.1) is 0 Å². The first kappa shape index (κ1) is 14.0. The van der Waals surface area contributed by atoms with Crippen molar-refractivity contribution < 1.29 is 0 Å². The van der Waals surface area contributed by atoms with Gasteiger partial charge in [0.2, 0.25) is 0 Å². The van der Waals surface area contributed by atoms with Crippen LogP contribution in [-0.2, 0) is 6.42 Å². The Morgan fingerprint density at radius 2 is 2.06 bits per heavy atom. The van der Waals surface area contributed by atoms with Crippen molar-refractivity contribution in [1.29, 1.82) is 0 Å². The molecule has 2 heteroatoms. The van der Waals surface area contributed by atoms with Crippen LogP contribution in [-0.4, -0.2) is 23.6 Å². The number of benzene rings is 1. The van der Waals surface area contributed by atoms with Crippen LogP contribution in [0, 0.1) is 0 Å². The zero-order valence-electron chi connectivity index (χ0n) is 11.6. The maximum atomic E-state index is 3.80. The van der Waals surface area contributed by atoms with Gasteiger partial charge in [0.15, 0.2) is 0 Å². The van der Waals surface area contributed by atoms with Crippen LogP contribution >= 0.6 is 11.8 Å². The van der Waals surface area contributed by atoms with Crippen LogP contribution in [0.5, 0.6) is 0 Å². The minimum absolute atomic E-state index is 0.635. The molecule has 0 heterocycles. The summed E-state index contributed by atoms with van der Waals surface area (Å²) in [5, 5.41) is 4.69. The van der Waals surface area contributed by atoms with E-state index in [9.17, 15) is 0 Å². The Balaban J connectivity index is 1.68. The first-order valence-electron chi connectivity index (χ1n) is 7.10. The van der Waals surface area contributed by atoms with Crippen molar-refractivity contribution in [1.82, 2.24) is 5.32 Å². The smallest absolute Gasteiger partial charge is 0.00804 e. The lowest BCUT2D eigenvalue weighted by atomic mass is 10.1. The second-order valence-corrected chi connectivity index (χ2v) is 6.60. The zero-order valence-corrected chi connectivity index (χ0v) is 12.4. The Bertz CT molecular complexity index is 338. The first-order valence-corrected chi connectivity index (χ1v) is 8.39. The van der Waals surface area contributed by atoms with Gasteiger partial charge in [-0.15, -0.1) is 0 Å². The third-order valence-electron chi connectivity index (χ3n) is 3.95. The van der Waals surface area contributed by atoms with Crippen LogP contribution in [0.15, 0.2) is 30.3 Å². The van der Waals surface area contributed by atoms with E-state index in [0.29, 0.717) is 6.04 Å². The fourth-order valence-electron chi connectivity index (χ4n) is 2.82. The van der Waals surface area contributed by atoms with E-state index in [1.807, 2.05) is 11.8 Å². The molecular formula is C16H25NS. The Labute approximate surface area is 116 Å². The maximum absolute atomic E-state index is 3.80. The zero-order chi connectivity index (χ0) is 12.8. The molecule has 1 N–H and O–H groups in total. The standard InChI is InChI=1S/C16H25NS/c1-13(8-9-14-6-4-3-5-7-14)17-15-10-11-16(12-15)18-2/h3-7,13,15-17H,8-12H2,1-2H3. The normalized spacial score (nSPS) is 25.2. The molecule has 3 atom stereocenters. The predicted molar refractivity (Wildman–Crippen MR) is 82.3 cm³/mol. The van der Waals surface area contributed by atoms with E-state index in [1.165, 1.54) is 37.7 Å². The molecule has 1 saturated carbocycles. The number of aryl methyl sites for hydroxylation is 1. The molecule has 0 amide bonds. The minimum atomic E-state index is 0.635. The number of rotatable bonds is 6. The Kier molecular flexibility index (Phi) is 5.58. The molecule has 0 bridgehead atoms. The molecule has 0 spiro atoms. The molecule has 1 aliphatic carbocycles. The van der Waals surface area contributed by atoms with E-state index in [1.54, 1.807) is 0 Å². The summed E-state index contributed by atoms with van der Waals surface area (Å²) < 4.78 is 0. The van der Waals surface area contributed by atoms with Gasteiger partial charge in [-0.05, 0) is 50.8 Å². The van der Waals surface area contributed by atoms with Crippen molar-refractivity contribution in [2.45, 2.75) is 56.4 Å². The summed E-state index contributed by atoms with van der Waals surface area (Å²) in [5.41, 5.74) is 1.46. The molecule has 1 aliphatic rings. The highest BCUT2D eigenvalue weighted by atomic mass is 32.2. The third kappa shape index (κ3) is 4.33. The van der Waals surface area contributed by atoms with Gasteiger partial charge in [0, 0.05) is 17.3 Å². The highest BCUT2D eigenvalue weighted by Crippen LogP contribution is 2.28. The Hall–Kier alpha value is -0.470. The summed E-state index contributed by atoms with van der Waals surface area (Å²) in [7, 11) is 0. The molecule has 1 nitrogen and oxygen atoms in total. The fraction of sp³-hybridized carbons (Fsp3) is 0.625. The quantitative estimate of drug-likeness (QED) is 0.836. The van der Waals surface area contributed by atoms with Crippen LogP contribution in [0.3, 0.4) is 0 Å². The first-order chi connectivity index (χ1) is 8.78. The van der Waals surface area contributed by atoms with Crippen LogP contribution < -0.4 is 5.32 Å². The molecule has 1 aromatic rings. The van der Waals surface area contributed by atoms with Gasteiger partial charge in [-0.25, -0.2) is 0 Å². The van der Waals surface area contributed by atoms with Crippen molar-refractivity contribution in [3.8, 4) is 0 Å². The molecule has 0 aromatic heterocycles. The minimum Gasteiger partial charge on any atom is -0.311 e. The average Bonchev–Trinajstić information content (AvgIpc) is 2.85. The van der Waals surface area contributed by atoms with Gasteiger partial charge >= 0.3 is 0 Å². The summed E-state index contributed by atoms with van der Waals surface area (Å²) in [4.78, 5) is 0. The van der Waals surface area contributed by atoms with Crippen LogP contribution in [0.2, 0.25) is 0 Å². The molecule has 0 saturated heterocycles. The molecule has 0 aliphatic heterocycles. The van der Waals surface area contributed by atoms with Gasteiger partial charge in [-0.1, -0.05) is 30.3 Å². The summed E-state index contributed by atoms with van der Waals surface area (Å²) in [6.45, 7) is 2.33. The Morgan fingerprint density at radius 1 is 1.28 bits per heavy atom. The van der Waals surface area contributed by atoms with Gasteiger partial charge in [0.1, 0.15) is 0 Å². The number of hydrogen-bond acceptors (Lipinski definition) is 2. The largest absolute Gasteiger partial charge is 0.311 e. The molecular weight excluding hydrogens is 238 g/mol. The van der Waals surface area contributed by atoms with Crippen molar-refractivity contribution in [2.24, 2.45) is 0 Å². The second kappa shape index (κ2) is 7.20. The topological polar surface area (TPSA) is 12.0 Å². The maximum Gasteiger partial charge on any atom is 0.00804 e. The van der Waals surface area contributed by atoms with E-state index in [2.05, 4.69) is 48.8 Å². The summed E-state index contributed by atoms with van der Waals surface area (Å²) in [5.74, 6) is 0. The molecule has 18 heavy (non-hydrogen) atoms. The summed E-state index contributed by atoms with van der Waals surface area (Å²) in [6, 6.07) is 12.2. The van der Waals surface area contributed by atoms with E-state index in [0.717, 1.165) is 11.3 Å². The Morgan fingerprint density at radius 3 is 2.72 bits per heavy atom. The summed E-state index contributed by atoms with van der Waals surface area (Å²) >= 11 is 2.03. The molecule has 1 aromatic carbocycles. The van der Waals surface area contributed by atoms with Crippen LogP contribution in [0.25, 0.3) is 0 Å². The van der Waals surface area contributed by atoms with E-state index in [4.69, 9.17) is 0 Å². The van der Waals surface area contributed by atoms with Crippen molar-refractivity contribution in [2.75, 3.05) is 6.26 Å². The summed E-state index contributed by atoms with van der Waals surface area (Å²) in [6.07, 6.45) is 8.78. The predicted octanol–water partition coefficient (Wildman–Crippen LogP) is 3.88. The molecule has 0 radical (unpaired) electrons. The molecule has 100 valence electrons. The number of hydrogen-bond donors (Lipinski definition) is 1. The lowest BCUT2D eigenvalue weighted by Crippen LogP contribution is -2.35. The fourth-order valence-corrected chi connectivity index (χ4v) is 3.62.